The zero-order valence-electron chi connectivity index (χ0n) is 13.4. The number of aryl methyl sites for hydroxylation is 1. The van der Waals surface area contributed by atoms with E-state index in [2.05, 4.69) is 5.32 Å². The van der Waals surface area contributed by atoms with Crippen LogP contribution in [0.2, 0.25) is 0 Å². The summed E-state index contributed by atoms with van der Waals surface area (Å²) in [5, 5.41) is 3.13. The van der Waals surface area contributed by atoms with Crippen molar-refractivity contribution in [1.29, 1.82) is 0 Å². The minimum Gasteiger partial charge on any atom is -0.408 e. The first-order valence-corrected chi connectivity index (χ1v) is 8.62. The fourth-order valence-electron chi connectivity index (χ4n) is 3.34. The lowest BCUT2D eigenvalue weighted by molar-refractivity contribution is -0.122. The van der Waals surface area contributed by atoms with Crippen molar-refractivity contribution >= 4 is 17.0 Å². The normalized spacial score (nSPS) is 16.9. The second-order valence-electron chi connectivity index (χ2n) is 6.35. The van der Waals surface area contributed by atoms with E-state index in [1.54, 1.807) is 6.07 Å². The van der Waals surface area contributed by atoms with E-state index in [0.29, 0.717) is 24.6 Å². The van der Waals surface area contributed by atoms with Gasteiger partial charge in [-0.05, 0) is 25.0 Å². The Morgan fingerprint density at radius 3 is 2.61 bits per heavy atom. The van der Waals surface area contributed by atoms with Crippen LogP contribution < -0.4 is 11.1 Å². The topological polar surface area (TPSA) is 64.2 Å². The number of nitrogens with zero attached hydrogens (tertiary/aromatic N) is 1. The van der Waals surface area contributed by atoms with Crippen molar-refractivity contribution in [2.24, 2.45) is 0 Å². The highest BCUT2D eigenvalue weighted by molar-refractivity contribution is 5.77. The molecule has 1 aromatic carbocycles. The Hall–Kier alpha value is -2.04. The van der Waals surface area contributed by atoms with E-state index < -0.39 is 5.76 Å². The molecule has 1 N–H and O–H groups in total. The van der Waals surface area contributed by atoms with Gasteiger partial charge in [-0.15, -0.1) is 0 Å². The Morgan fingerprint density at radius 2 is 1.83 bits per heavy atom. The number of rotatable bonds is 4. The van der Waals surface area contributed by atoms with Gasteiger partial charge in [0, 0.05) is 19.0 Å². The molecular formula is C18H24N2O3. The maximum atomic E-state index is 12.2. The third-order valence-electron chi connectivity index (χ3n) is 4.61. The van der Waals surface area contributed by atoms with Gasteiger partial charge >= 0.3 is 5.76 Å². The fraction of sp³-hybridized carbons (Fsp3) is 0.556. The van der Waals surface area contributed by atoms with Crippen molar-refractivity contribution in [1.82, 2.24) is 9.88 Å². The molecule has 124 valence electrons. The van der Waals surface area contributed by atoms with Crippen LogP contribution in [0.5, 0.6) is 0 Å². The van der Waals surface area contributed by atoms with Gasteiger partial charge in [-0.3, -0.25) is 9.36 Å². The van der Waals surface area contributed by atoms with Gasteiger partial charge in [0.1, 0.15) is 0 Å². The molecular weight excluding hydrogens is 292 g/mol. The Morgan fingerprint density at radius 1 is 1.13 bits per heavy atom. The summed E-state index contributed by atoms with van der Waals surface area (Å²) >= 11 is 0. The molecule has 1 aliphatic carbocycles. The van der Waals surface area contributed by atoms with Crippen LogP contribution in [0.15, 0.2) is 33.5 Å². The molecule has 1 fully saturated rings. The first-order chi connectivity index (χ1) is 11.2. The van der Waals surface area contributed by atoms with E-state index in [0.717, 1.165) is 18.4 Å². The molecule has 0 radical (unpaired) electrons. The molecule has 1 saturated carbocycles. The highest BCUT2D eigenvalue weighted by Crippen LogP contribution is 2.17. The SMILES string of the molecule is O=C(CCn1c(=O)oc2ccccc21)NC1CCCCCCC1. The predicted molar refractivity (Wildman–Crippen MR) is 89.3 cm³/mol. The predicted octanol–water partition coefficient (Wildman–Crippen LogP) is 3.21. The Balaban J connectivity index is 1.57. The second-order valence-corrected chi connectivity index (χ2v) is 6.35. The number of carbonyl (C=O) groups excluding carboxylic acids is 1. The summed E-state index contributed by atoms with van der Waals surface area (Å²) < 4.78 is 6.72. The lowest BCUT2D eigenvalue weighted by Gasteiger charge is -2.21. The van der Waals surface area contributed by atoms with Gasteiger partial charge in [-0.2, -0.15) is 0 Å². The van der Waals surface area contributed by atoms with E-state index in [1.165, 1.54) is 36.7 Å². The molecule has 1 heterocycles. The molecule has 0 spiro atoms. The molecule has 0 atom stereocenters. The monoisotopic (exact) mass is 316 g/mol. The van der Waals surface area contributed by atoms with Gasteiger partial charge in [0.15, 0.2) is 5.58 Å². The zero-order chi connectivity index (χ0) is 16.1. The quantitative estimate of drug-likeness (QED) is 0.942. The third-order valence-corrected chi connectivity index (χ3v) is 4.61. The van der Waals surface area contributed by atoms with Crippen molar-refractivity contribution in [3.8, 4) is 0 Å². The number of aromatic nitrogens is 1. The van der Waals surface area contributed by atoms with E-state index in [1.807, 2.05) is 18.2 Å². The van der Waals surface area contributed by atoms with Crippen LogP contribution in [-0.2, 0) is 11.3 Å². The van der Waals surface area contributed by atoms with Gasteiger partial charge in [0.05, 0.1) is 5.52 Å². The Bertz CT molecular complexity index is 708. The highest BCUT2D eigenvalue weighted by Gasteiger charge is 2.15. The first-order valence-electron chi connectivity index (χ1n) is 8.62. The lowest BCUT2D eigenvalue weighted by atomic mass is 9.96. The average molecular weight is 316 g/mol. The molecule has 1 aromatic heterocycles. The van der Waals surface area contributed by atoms with Crippen molar-refractivity contribution < 1.29 is 9.21 Å². The summed E-state index contributed by atoms with van der Waals surface area (Å²) in [5.74, 6) is -0.377. The van der Waals surface area contributed by atoms with Crippen molar-refractivity contribution in [2.75, 3.05) is 0 Å². The minimum atomic E-state index is -0.398. The summed E-state index contributed by atoms with van der Waals surface area (Å²) in [6, 6.07) is 7.59. The van der Waals surface area contributed by atoms with Crippen molar-refractivity contribution in [2.45, 2.75) is 64.0 Å². The number of benzene rings is 1. The number of amides is 1. The number of nitrogens with one attached hydrogen (secondary N) is 1. The van der Waals surface area contributed by atoms with Crippen LogP contribution in [-0.4, -0.2) is 16.5 Å². The van der Waals surface area contributed by atoms with Gasteiger partial charge in [-0.1, -0.05) is 44.2 Å². The average Bonchev–Trinajstić information content (AvgIpc) is 2.83. The summed E-state index contributed by atoms with van der Waals surface area (Å²) in [4.78, 5) is 24.1. The molecule has 23 heavy (non-hydrogen) atoms. The van der Waals surface area contributed by atoms with Gasteiger partial charge in [-0.25, -0.2) is 4.79 Å². The van der Waals surface area contributed by atoms with Crippen molar-refractivity contribution in [3.63, 3.8) is 0 Å². The Kier molecular flexibility index (Phi) is 5.16. The van der Waals surface area contributed by atoms with Gasteiger partial charge in [0.25, 0.3) is 0 Å². The molecule has 1 amide bonds. The summed E-state index contributed by atoms with van der Waals surface area (Å²) in [6.07, 6.45) is 8.68. The fourth-order valence-corrected chi connectivity index (χ4v) is 3.34. The third kappa shape index (κ3) is 4.03. The number of oxazole rings is 1. The lowest BCUT2D eigenvalue weighted by Crippen LogP contribution is -2.36. The van der Waals surface area contributed by atoms with Crippen LogP contribution in [0.4, 0.5) is 0 Å². The highest BCUT2D eigenvalue weighted by atomic mass is 16.4. The van der Waals surface area contributed by atoms with Crippen LogP contribution >= 0.6 is 0 Å². The molecule has 5 nitrogen and oxygen atoms in total. The molecule has 1 aliphatic rings. The molecule has 5 heteroatoms. The molecule has 0 bridgehead atoms. The number of carbonyl (C=O) groups is 1. The maximum absolute atomic E-state index is 12.2. The van der Waals surface area contributed by atoms with E-state index in [9.17, 15) is 9.59 Å². The van der Waals surface area contributed by atoms with Crippen LogP contribution in [0.25, 0.3) is 11.1 Å². The number of hydrogen-bond acceptors (Lipinski definition) is 3. The van der Waals surface area contributed by atoms with Crippen LogP contribution in [0, 0.1) is 0 Å². The van der Waals surface area contributed by atoms with Gasteiger partial charge < -0.3 is 9.73 Å². The first kappa shape index (κ1) is 15.8. The molecule has 3 rings (SSSR count). The van der Waals surface area contributed by atoms with Gasteiger partial charge in [0.2, 0.25) is 5.91 Å². The maximum Gasteiger partial charge on any atom is 0.419 e. The molecule has 0 aliphatic heterocycles. The second kappa shape index (κ2) is 7.49. The molecule has 2 aromatic rings. The van der Waals surface area contributed by atoms with E-state index in [4.69, 9.17) is 4.42 Å². The van der Waals surface area contributed by atoms with Crippen molar-refractivity contribution in [3.05, 3.63) is 34.8 Å². The molecule has 0 saturated heterocycles. The smallest absolute Gasteiger partial charge is 0.408 e. The standard InChI is InChI=1S/C18H24N2O3/c21-17(19-14-8-4-2-1-3-5-9-14)12-13-20-15-10-6-7-11-16(15)23-18(20)22/h6-7,10-11,14H,1-5,8-9,12-13H2,(H,19,21). The summed E-state index contributed by atoms with van der Waals surface area (Å²) in [5.41, 5.74) is 1.31. The minimum absolute atomic E-state index is 0.0211. The van der Waals surface area contributed by atoms with E-state index >= 15 is 0 Å². The summed E-state index contributed by atoms with van der Waals surface area (Å²) in [7, 11) is 0. The summed E-state index contributed by atoms with van der Waals surface area (Å²) in [6.45, 7) is 0.356. The van der Waals surface area contributed by atoms with Crippen LogP contribution in [0.1, 0.15) is 51.4 Å². The zero-order valence-corrected chi connectivity index (χ0v) is 13.4. The van der Waals surface area contributed by atoms with Crippen LogP contribution in [0.3, 0.4) is 0 Å². The largest absolute Gasteiger partial charge is 0.419 e. The van der Waals surface area contributed by atoms with E-state index in [-0.39, 0.29) is 5.91 Å². The number of para-hydroxylation sites is 2. The Labute approximate surface area is 135 Å². The number of hydrogen-bond donors (Lipinski definition) is 1. The molecule has 0 unspecified atom stereocenters. The number of fused-ring (bicyclic) bond motifs is 1.